The molecule has 0 aromatic heterocycles. The Bertz CT molecular complexity index is 210. The Balaban J connectivity index is 2.10. The van der Waals surface area contributed by atoms with Gasteiger partial charge in [0.15, 0.2) is 0 Å². The second-order valence-electron chi connectivity index (χ2n) is 5.18. The van der Waals surface area contributed by atoms with Crippen molar-refractivity contribution in [1.29, 1.82) is 0 Å². The Morgan fingerprint density at radius 2 is 1.88 bits per heavy atom. The number of rotatable bonds is 7. The molecule has 1 aliphatic rings. The molecule has 1 aliphatic carbocycles. The van der Waals surface area contributed by atoms with E-state index in [4.69, 9.17) is 0 Å². The molecule has 1 fully saturated rings. The standard InChI is InChI=1S/C14H28N2O/c1-3-5-12-6-8-13(9-7-12)16-14(17)10-11-15-4-2/h12-13,15H,3-11H2,1-2H3,(H,16,17). The Kier molecular flexibility index (Phi) is 7.25. The first-order valence-electron chi connectivity index (χ1n) is 7.26. The topological polar surface area (TPSA) is 41.1 Å². The lowest BCUT2D eigenvalue weighted by molar-refractivity contribution is -0.122. The third-order valence-electron chi connectivity index (χ3n) is 3.69. The molecular formula is C14H28N2O. The minimum atomic E-state index is 0.213. The highest BCUT2D eigenvalue weighted by Crippen LogP contribution is 2.27. The zero-order valence-corrected chi connectivity index (χ0v) is 11.4. The summed E-state index contributed by atoms with van der Waals surface area (Å²) in [5.74, 6) is 1.12. The molecule has 100 valence electrons. The van der Waals surface area contributed by atoms with E-state index in [1.165, 1.54) is 38.5 Å². The van der Waals surface area contributed by atoms with Crippen LogP contribution in [0.1, 0.15) is 58.8 Å². The Hall–Kier alpha value is -0.570. The fraction of sp³-hybridized carbons (Fsp3) is 0.929. The smallest absolute Gasteiger partial charge is 0.221 e. The molecule has 1 saturated carbocycles. The number of hydrogen-bond acceptors (Lipinski definition) is 2. The first-order valence-corrected chi connectivity index (χ1v) is 7.26. The maximum absolute atomic E-state index is 11.6. The van der Waals surface area contributed by atoms with Crippen molar-refractivity contribution in [1.82, 2.24) is 10.6 Å². The summed E-state index contributed by atoms with van der Waals surface area (Å²) in [6.45, 7) is 6.06. The van der Waals surface area contributed by atoms with Crippen molar-refractivity contribution in [2.45, 2.75) is 64.8 Å². The van der Waals surface area contributed by atoms with E-state index in [9.17, 15) is 4.79 Å². The highest BCUT2D eigenvalue weighted by atomic mass is 16.1. The fourth-order valence-corrected chi connectivity index (χ4v) is 2.68. The van der Waals surface area contributed by atoms with Gasteiger partial charge < -0.3 is 10.6 Å². The highest BCUT2D eigenvalue weighted by Gasteiger charge is 2.21. The Morgan fingerprint density at radius 3 is 2.47 bits per heavy atom. The van der Waals surface area contributed by atoms with E-state index in [0.717, 1.165) is 19.0 Å². The SMILES string of the molecule is CCCC1CCC(NC(=O)CCNCC)CC1. The highest BCUT2D eigenvalue weighted by molar-refractivity contribution is 5.76. The zero-order chi connectivity index (χ0) is 12.5. The second kappa shape index (κ2) is 8.51. The monoisotopic (exact) mass is 240 g/mol. The molecule has 0 bridgehead atoms. The van der Waals surface area contributed by atoms with Crippen molar-refractivity contribution in [2.75, 3.05) is 13.1 Å². The molecule has 0 aromatic carbocycles. The van der Waals surface area contributed by atoms with Crippen LogP contribution in [0.15, 0.2) is 0 Å². The normalized spacial score (nSPS) is 24.6. The third kappa shape index (κ3) is 6.06. The van der Waals surface area contributed by atoms with Gasteiger partial charge in [-0.25, -0.2) is 0 Å². The third-order valence-corrected chi connectivity index (χ3v) is 3.69. The zero-order valence-electron chi connectivity index (χ0n) is 11.4. The van der Waals surface area contributed by atoms with Gasteiger partial charge >= 0.3 is 0 Å². The maximum atomic E-state index is 11.6. The maximum Gasteiger partial charge on any atom is 0.221 e. The molecule has 1 rings (SSSR count). The number of carbonyl (C=O) groups is 1. The van der Waals surface area contributed by atoms with Gasteiger partial charge in [-0.3, -0.25) is 4.79 Å². The van der Waals surface area contributed by atoms with E-state index < -0.39 is 0 Å². The summed E-state index contributed by atoms with van der Waals surface area (Å²) in [5.41, 5.74) is 0. The molecule has 0 atom stereocenters. The summed E-state index contributed by atoms with van der Waals surface area (Å²) in [5, 5.41) is 6.34. The molecular weight excluding hydrogens is 212 g/mol. The minimum Gasteiger partial charge on any atom is -0.353 e. The van der Waals surface area contributed by atoms with Gasteiger partial charge in [0.1, 0.15) is 0 Å². The summed E-state index contributed by atoms with van der Waals surface area (Å²) in [6.07, 6.45) is 8.22. The van der Waals surface area contributed by atoms with Crippen LogP contribution >= 0.6 is 0 Å². The van der Waals surface area contributed by atoms with Crippen LogP contribution in [-0.2, 0) is 4.79 Å². The summed E-state index contributed by atoms with van der Waals surface area (Å²) in [6, 6.07) is 0.442. The summed E-state index contributed by atoms with van der Waals surface area (Å²) < 4.78 is 0. The molecule has 0 aliphatic heterocycles. The molecule has 3 heteroatoms. The quantitative estimate of drug-likeness (QED) is 0.671. The second-order valence-corrected chi connectivity index (χ2v) is 5.18. The average Bonchev–Trinajstić information content (AvgIpc) is 2.32. The molecule has 0 unspecified atom stereocenters. The van der Waals surface area contributed by atoms with Crippen molar-refractivity contribution >= 4 is 5.91 Å². The fourth-order valence-electron chi connectivity index (χ4n) is 2.68. The molecule has 0 aromatic rings. The largest absolute Gasteiger partial charge is 0.353 e. The van der Waals surface area contributed by atoms with E-state index in [0.29, 0.717) is 12.5 Å². The number of nitrogens with one attached hydrogen (secondary N) is 2. The van der Waals surface area contributed by atoms with E-state index in [2.05, 4.69) is 24.5 Å². The molecule has 2 N–H and O–H groups in total. The minimum absolute atomic E-state index is 0.213. The van der Waals surface area contributed by atoms with Crippen molar-refractivity contribution in [3.05, 3.63) is 0 Å². The van der Waals surface area contributed by atoms with Gasteiger partial charge in [-0.15, -0.1) is 0 Å². The molecule has 0 spiro atoms. The lowest BCUT2D eigenvalue weighted by Crippen LogP contribution is -2.38. The van der Waals surface area contributed by atoms with Crippen molar-refractivity contribution < 1.29 is 4.79 Å². The molecule has 17 heavy (non-hydrogen) atoms. The predicted molar refractivity (Wildman–Crippen MR) is 72.0 cm³/mol. The number of carbonyl (C=O) groups excluding carboxylic acids is 1. The van der Waals surface area contributed by atoms with Gasteiger partial charge in [0.25, 0.3) is 0 Å². The van der Waals surface area contributed by atoms with Gasteiger partial charge in [-0.05, 0) is 38.1 Å². The van der Waals surface area contributed by atoms with Gasteiger partial charge in [0, 0.05) is 19.0 Å². The van der Waals surface area contributed by atoms with Crippen LogP contribution in [0.5, 0.6) is 0 Å². The van der Waals surface area contributed by atoms with E-state index >= 15 is 0 Å². The molecule has 3 nitrogen and oxygen atoms in total. The number of amides is 1. The molecule has 0 radical (unpaired) electrons. The van der Waals surface area contributed by atoms with Crippen molar-refractivity contribution in [3.63, 3.8) is 0 Å². The molecule has 0 heterocycles. The van der Waals surface area contributed by atoms with Crippen LogP contribution < -0.4 is 10.6 Å². The predicted octanol–water partition coefficient (Wildman–Crippen LogP) is 2.46. The van der Waals surface area contributed by atoms with Crippen LogP contribution in [0.3, 0.4) is 0 Å². The van der Waals surface area contributed by atoms with Crippen molar-refractivity contribution in [2.24, 2.45) is 5.92 Å². The van der Waals surface area contributed by atoms with Gasteiger partial charge in [-0.1, -0.05) is 26.7 Å². The van der Waals surface area contributed by atoms with E-state index in [1.54, 1.807) is 0 Å². The Labute approximate surface area is 106 Å². The summed E-state index contributed by atoms with van der Waals surface area (Å²) in [4.78, 5) is 11.6. The first kappa shape index (κ1) is 14.5. The van der Waals surface area contributed by atoms with Crippen LogP contribution in [-0.4, -0.2) is 25.0 Å². The van der Waals surface area contributed by atoms with Crippen LogP contribution in [0, 0.1) is 5.92 Å². The average molecular weight is 240 g/mol. The lowest BCUT2D eigenvalue weighted by Gasteiger charge is -2.29. The van der Waals surface area contributed by atoms with Crippen LogP contribution in [0.4, 0.5) is 0 Å². The van der Waals surface area contributed by atoms with Gasteiger partial charge in [-0.2, -0.15) is 0 Å². The van der Waals surface area contributed by atoms with Crippen molar-refractivity contribution in [3.8, 4) is 0 Å². The van der Waals surface area contributed by atoms with Gasteiger partial charge in [0.05, 0.1) is 0 Å². The summed E-state index contributed by atoms with van der Waals surface area (Å²) in [7, 11) is 0. The Morgan fingerprint density at radius 1 is 1.18 bits per heavy atom. The van der Waals surface area contributed by atoms with E-state index in [1.807, 2.05) is 0 Å². The van der Waals surface area contributed by atoms with Crippen LogP contribution in [0.2, 0.25) is 0 Å². The van der Waals surface area contributed by atoms with Gasteiger partial charge in [0.2, 0.25) is 5.91 Å². The first-order chi connectivity index (χ1) is 8.26. The molecule has 0 saturated heterocycles. The van der Waals surface area contributed by atoms with E-state index in [-0.39, 0.29) is 5.91 Å². The molecule has 1 amide bonds. The number of hydrogen-bond donors (Lipinski definition) is 2. The van der Waals surface area contributed by atoms with Crippen LogP contribution in [0.25, 0.3) is 0 Å². The lowest BCUT2D eigenvalue weighted by atomic mass is 9.83. The summed E-state index contributed by atoms with van der Waals surface area (Å²) >= 11 is 0.